The van der Waals surface area contributed by atoms with E-state index in [1.807, 2.05) is 22.7 Å². The van der Waals surface area contributed by atoms with E-state index in [1.165, 1.54) is 27.0 Å². The van der Waals surface area contributed by atoms with E-state index in [2.05, 4.69) is 73.1 Å². The van der Waals surface area contributed by atoms with Gasteiger partial charge in [-0.2, -0.15) is 22.7 Å². The number of hydrogen-bond acceptors (Lipinski definition) is 2. The van der Waals surface area contributed by atoms with Crippen molar-refractivity contribution in [2.45, 2.75) is 26.2 Å². The maximum absolute atomic E-state index is 2.31. The van der Waals surface area contributed by atoms with Crippen LogP contribution in [0.25, 0.3) is 0 Å². The third-order valence-electron chi connectivity index (χ3n) is 4.11. The van der Waals surface area contributed by atoms with Crippen LogP contribution in [0.5, 0.6) is 0 Å². The Bertz CT molecular complexity index is 620. The minimum atomic E-state index is 0.385. The minimum Gasteiger partial charge on any atom is -0.158 e. The summed E-state index contributed by atoms with van der Waals surface area (Å²) in [6.07, 6.45) is 1.19. The highest BCUT2D eigenvalue weighted by Crippen LogP contribution is 2.17. The molecular formula is C18H19BS2. The molecule has 0 nitrogen and oxygen atoms in total. The van der Waals surface area contributed by atoms with Gasteiger partial charge in [-0.05, 0) is 38.2 Å². The topological polar surface area (TPSA) is 0 Å². The van der Waals surface area contributed by atoms with Crippen molar-refractivity contribution in [1.82, 2.24) is 0 Å². The van der Waals surface area contributed by atoms with E-state index in [9.17, 15) is 0 Å². The van der Waals surface area contributed by atoms with Gasteiger partial charge in [-0.15, -0.1) is 0 Å². The van der Waals surface area contributed by atoms with Gasteiger partial charge in [0.25, 0.3) is 6.71 Å². The molecule has 0 N–H and O–H groups in total. The number of benzene rings is 1. The van der Waals surface area contributed by atoms with Crippen LogP contribution >= 0.6 is 22.7 Å². The van der Waals surface area contributed by atoms with Crippen LogP contribution in [0.2, 0.25) is 0 Å². The van der Waals surface area contributed by atoms with Crippen molar-refractivity contribution in [3.05, 3.63) is 64.9 Å². The van der Waals surface area contributed by atoms with Gasteiger partial charge in [0.15, 0.2) is 0 Å². The fourth-order valence-electron chi connectivity index (χ4n) is 2.63. The highest BCUT2D eigenvalue weighted by Gasteiger charge is 2.23. The van der Waals surface area contributed by atoms with E-state index in [1.54, 1.807) is 0 Å². The average Bonchev–Trinajstić information content (AvgIpc) is 3.21. The Morgan fingerprint density at radius 1 is 0.905 bits per heavy atom. The van der Waals surface area contributed by atoms with E-state index in [4.69, 9.17) is 0 Å². The molecule has 0 aliphatic carbocycles. The molecule has 3 aromatic rings. The van der Waals surface area contributed by atoms with Gasteiger partial charge in [0.1, 0.15) is 0 Å². The third kappa shape index (κ3) is 3.14. The second-order valence-corrected chi connectivity index (χ2v) is 7.40. The molecular weight excluding hydrogens is 291 g/mol. The van der Waals surface area contributed by atoms with Gasteiger partial charge in [0.05, 0.1) is 0 Å². The molecule has 1 unspecified atom stereocenters. The summed E-state index contributed by atoms with van der Waals surface area (Å²) in [5.74, 6) is 0.640. The molecule has 0 aliphatic heterocycles. The summed E-state index contributed by atoms with van der Waals surface area (Å²) in [5, 5.41) is 4.34. The molecule has 1 aromatic carbocycles. The SMILES string of the molecule is CCC(C)c1ccc(B(c2cccs2)c2cccs2)cc1. The average molecular weight is 310 g/mol. The Kier molecular flexibility index (Phi) is 4.62. The molecule has 0 radical (unpaired) electrons. The Balaban J connectivity index is 1.98. The van der Waals surface area contributed by atoms with Crippen LogP contribution in [-0.2, 0) is 0 Å². The fraction of sp³-hybridized carbons (Fsp3) is 0.222. The summed E-state index contributed by atoms with van der Waals surface area (Å²) in [6.45, 7) is 4.93. The molecule has 0 amide bonds. The summed E-state index contributed by atoms with van der Waals surface area (Å²) in [6, 6.07) is 18.0. The molecule has 1 atom stereocenters. The lowest BCUT2D eigenvalue weighted by Gasteiger charge is -2.14. The molecule has 106 valence electrons. The molecule has 21 heavy (non-hydrogen) atoms. The van der Waals surface area contributed by atoms with E-state index < -0.39 is 0 Å². The van der Waals surface area contributed by atoms with Gasteiger partial charge < -0.3 is 0 Å². The van der Waals surface area contributed by atoms with Crippen molar-refractivity contribution in [3.8, 4) is 0 Å². The van der Waals surface area contributed by atoms with Crippen LogP contribution in [0, 0.1) is 0 Å². The zero-order valence-electron chi connectivity index (χ0n) is 12.5. The lowest BCUT2D eigenvalue weighted by atomic mass is 9.43. The molecule has 3 rings (SSSR count). The predicted octanol–water partition coefficient (Wildman–Crippen LogP) is 3.84. The molecule has 0 saturated heterocycles. The van der Waals surface area contributed by atoms with E-state index in [-0.39, 0.29) is 0 Å². The minimum absolute atomic E-state index is 0.385. The summed E-state index contributed by atoms with van der Waals surface area (Å²) in [4.78, 5) is 0. The van der Waals surface area contributed by atoms with Gasteiger partial charge in [0, 0.05) is 0 Å². The van der Waals surface area contributed by atoms with Crippen LogP contribution in [-0.4, -0.2) is 6.71 Å². The second kappa shape index (κ2) is 6.63. The molecule has 0 aliphatic rings. The van der Waals surface area contributed by atoms with Crippen molar-refractivity contribution in [2.75, 3.05) is 0 Å². The van der Waals surface area contributed by atoms with Crippen LogP contribution in [0.1, 0.15) is 31.7 Å². The standard InChI is InChI=1S/C18H19BS2/c1-3-14(2)15-8-10-16(11-9-15)19(17-6-4-12-20-17)18-7-5-13-21-18/h4-14H,3H2,1-2H3. The van der Waals surface area contributed by atoms with Gasteiger partial charge in [0.2, 0.25) is 0 Å². The monoisotopic (exact) mass is 310 g/mol. The fourth-order valence-corrected chi connectivity index (χ4v) is 4.45. The third-order valence-corrected chi connectivity index (χ3v) is 5.98. The number of hydrogen-bond donors (Lipinski definition) is 0. The molecule has 0 fully saturated rings. The van der Waals surface area contributed by atoms with Crippen molar-refractivity contribution in [3.63, 3.8) is 0 Å². The lowest BCUT2D eigenvalue weighted by Crippen LogP contribution is -2.49. The van der Waals surface area contributed by atoms with Crippen molar-refractivity contribution >= 4 is 44.4 Å². The van der Waals surface area contributed by atoms with E-state index in [0.717, 1.165) is 0 Å². The maximum Gasteiger partial charge on any atom is 0.266 e. The van der Waals surface area contributed by atoms with Crippen LogP contribution in [0.15, 0.2) is 59.3 Å². The number of thiophene rings is 2. The van der Waals surface area contributed by atoms with E-state index in [0.29, 0.717) is 12.6 Å². The first-order valence-electron chi connectivity index (χ1n) is 7.46. The van der Waals surface area contributed by atoms with Crippen molar-refractivity contribution in [2.24, 2.45) is 0 Å². The summed E-state index contributed by atoms with van der Waals surface area (Å²) >= 11 is 3.69. The van der Waals surface area contributed by atoms with Gasteiger partial charge in [-0.25, -0.2) is 0 Å². The molecule has 0 saturated carbocycles. The maximum atomic E-state index is 2.31. The summed E-state index contributed by atoms with van der Waals surface area (Å²) in [5.41, 5.74) is 2.84. The Morgan fingerprint density at radius 2 is 1.48 bits per heavy atom. The summed E-state index contributed by atoms with van der Waals surface area (Å²) in [7, 11) is 0. The lowest BCUT2D eigenvalue weighted by molar-refractivity contribution is 0.734. The quantitative estimate of drug-likeness (QED) is 0.628. The van der Waals surface area contributed by atoms with Crippen LogP contribution in [0.4, 0.5) is 0 Å². The first-order chi connectivity index (χ1) is 10.3. The van der Waals surface area contributed by atoms with Gasteiger partial charge >= 0.3 is 0 Å². The smallest absolute Gasteiger partial charge is 0.158 e. The van der Waals surface area contributed by atoms with Crippen molar-refractivity contribution < 1.29 is 0 Å². The predicted molar refractivity (Wildman–Crippen MR) is 98.4 cm³/mol. The Labute approximate surface area is 135 Å². The van der Waals surface area contributed by atoms with Crippen LogP contribution < -0.4 is 15.0 Å². The Morgan fingerprint density at radius 3 is 1.90 bits per heavy atom. The van der Waals surface area contributed by atoms with Gasteiger partial charge in [-0.3, -0.25) is 0 Å². The first-order valence-corrected chi connectivity index (χ1v) is 9.22. The first kappa shape index (κ1) is 14.6. The molecule has 0 spiro atoms. The zero-order chi connectivity index (χ0) is 14.7. The van der Waals surface area contributed by atoms with Crippen molar-refractivity contribution in [1.29, 1.82) is 0 Å². The summed E-state index contributed by atoms with van der Waals surface area (Å²) < 4.78 is 2.85. The molecule has 0 bridgehead atoms. The molecule has 2 heterocycles. The van der Waals surface area contributed by atoms with Gasteiger partial charge in [-0.1, -0.05) is 67.8 Å². The van der Waals surface area contributed by atoms with Crippen LogP contribution in [0.3, 0.4) is 0 Å². The highest BCUT2D eigenvalue weighted by atomic mass is 32.1. The molecule has 2 aromatic heterocycles. The second-order valence-electron chi connectivity index (χ2n) is 5.44. The number of rotatable bonds is 5. The highest BCUT2D eigenvalue weighted by molar-refractivity contribution is 7.33. The zero-order valence-corrected chi connectivity index (χ0v) is 14.1. The van der Waals surface area contributed by atoms with E-state index >= 15 is 0 Å². The molecule has 3 heteroatoms. The largest absolute Gasteiger partial charge is 0.266 e. The normalized spacial score (nSPS) is 12.3. The Hall–Kier alpha value is -1.32.